The summed E-state index contributed by atoms with van der Waals surface area (Å²) in [4.78, 5) is 15.2. The van der Waals surface area contributed by atoms with Gasteiger partial charge in [0.05, 0.1) is 27.1 Å². The van der Waals surface area contributed by atoms with Gasteiger partial charge < -0.3 is 0 Å². The Kier molecular flexibility index (Phi) is 5.03. The lowest BCUT2D eigenvalue weighted by atomic mass is 10.1. The van der Waals surface area contributed by atoms with E-state index < -0.39 is 0 Å². The SMILES string of the molecule is C1=Cc2c(n(-c3cc(-c4ccccc4)nc(-c4ccccc4)n3)c3c2cnc2c4ccccc4sc23)C=CC1. The first-order chi connectivity index (χ1) is 19.3. The minimum Gasteiger partial charge on any atom is -0.292 e. The number of thiophene rings is 1. The maximum atomic E-state index is 5.20. The van der Waals surface area contributed by atoms with Gasteiger partial charge in [0, 0.05) is 44.4 Å². The topological polar surface area (TPSA) is 43.6 Å². The molecule has 4 heterocycles. The minimum atomic E-state index is 0.706. The lowest BCUT2D eigenvalue weighted by Gasteiger charge is -2.13. The molecule has 7 aromatic rings. The van der Waals surface area contributed by atoms with Crippen molar-refractivity contribution in [1.82, 2.24) is 19.5 Å². The highest BCUT2D eigenvalue weighted by molar-refractivity contribution is 7.26. The Morgan fingerprint density at radius 2 is 1.46 bits per heavy atom. The van der Waals surface area contributed by atoms with Crippen LogP contribution in [-0.4, -0.2) is 19.5 Å². The van der Waals surface area contributed by atoms with Crippen LogP contribution in [0.1, 0.15) is 17.7 Å². The molecule has 0 amide bonds. The van der Waals surface area contributed by atoms with E-state index in [0.717, 1.165) is 51.2 Å². The summed E-state index contributed by atoms with van der Waals surface area (Å²) in [5, 5.41) is 2.32. The molecule has 4 aromatic heterocycles. The molecule has 4 nitrogen and oxygen atoms in total. The summed E-state index contributed by atoms with van der Waals surface area (Å²) in [5.41, 5.74) is 7.40. The van der Waals surface area contributed by atoms with Gasteiger partial charge >= 0.3 is 0 Å². The van der Waals surface area contributed by atoms with Gasteiger partial charge in [-0.2, -0.15) is 0 Å². The van der Waals surface area contributed by atoms with Crippen molar-refractivity contribution < 1.29 is 0 Å². The Bertz CT molecular complexity index is 2030. The van der Waals surface area contributed by atoms with E-state index in [0.29, 0.717) is 5.82 Å². The van der Waals surface area contributed by atoms with Crippen LogP contribution in [0.15, 0.2) is 109 Å². The zero-order valence-electron chi connectivity index (χ0n) is 21.0. The van der Waals surface area contributed by atoms with Crippen LogP contribution in [0.5, 0.6) is 0 Å². The molecule has 0 bridgehead atoms. The minimum absolute atomic E-state index is 0.706. The maximum Gasteiger partial charge on any atom is 0.162 e. The number of fused-ring (bicyclic) bond motifs is 7. The Morgan fingerprint density at radius 3 is 2.31 bits per heavy atom. The Morgan fingerprint density at radius 1 is 0.718 bits per heavy atom. The number of hydrogen-bond donors (Lipinski definition) is 0. The number of pyridine rings is 1. The second kappa shape index (κ2) is 8.86. The fourth-order valence-corrected chi connectivity index (χ4v) is 6.67. The summed E-state index contributed by atoms with van der Waals surface area (Å²) in [6.07, 6.45) is 11.8. The molecular weight excluding hydrogens is 496 g/mol. The lowest BCUT2D eigenvalue weighted by Crippen LogP contribution is -2.04. The van der Waals surface area contributed by atoms with Crippen molar-refractivity contribution >= 4 is 54.7 Å². The molecule has 5 heteroatoms. The van der Waals surface area contributed by atoms with Gasteiger partial charge in [0.2, 0.25) is 0 Å². The van der Waals surface area contributed by atoms with Gasteiger partial charge in [0.25, 0.3) is 0 Å². The van der Waals surface area contributed by atoms with E-state index in [1.54, 1.807) is 11.3 Å². The highest BCUT2D eigenvalue weighted by atomic mass is 32.1. The van der Waals surface area contributed by atoms with Crippen LogP contribution in [0.2, 0.25) is 0 Å². The molecule has 3 aromatic carbocycles. The highest BCUT2D eigenvalue weighted by Crippen LogP contribution is 2.42. The summed E-state index contributed by atoms with van der Waals surface area (Å²) in [7, 11) is 0. The molecule has 1 aliphatic carbocycles. The van der Waals surface area contributed by atoms with Crippen molar-refractivity contribution in [2.75, 3.05) is 0 Å². The van der Waals surface area contributed by atoms with E-state index in [-0.39, 0.29) is 0 Å². The summed E-state index contributed by atoms with van der Waals surface area (Å²) in [6.45, 7) is 0. The van der Waals surface area contributed by atoms with E-state index >= 15 is 0 Å². The third kappa shape index (κ3) is 3.55. The molecule has 39 heavy (non-hydrogen) atoms. The highest BCUT2D eigenvalue weighted by Gasteiger charge is 2.23. The zero-order valence-corrected chi connectivity index (χ0v) is 21.8. The van der Waals surface area contributed by atoms with Crippen molar-refractivity contribution in [3.63, 3.8) is 0 Å². The molecule has 1 aliphatic rings. The van der Waals surface area contributed by atoms with Crippen molar-refractivity contribution in [2.24, 2.45) is 0 Å². The van der Waals surface area contributed by atoms with Crippen LogP contribution in [0.25, 0.3) is 71.8 Å². The molecule has 0 N–H and O–H groups in total. The van der Waals surface area contributed by atoms with Crippen LogP contribution in [0.4, 0.5) is 0 Å². The van der Waals surface area contributed by atoms with Crippen molar-refractivity contribution in [3.8, 4) is 28.5 Å². The first kappa shape index (κ1) is 22.1. The number of benzene rings is 3. The molecule has 0 saturated carbocycles. The van der Waals surface area contributed by atoms with Crippen molar-refractivity contribution in [1.29, 1.82) is 0 Å². The third-order valence-corrected chi connectivity index (χ3v) is 8.44. The van der Waals surface area contributed by atoms with Crippen LogP contribution in [0, 0.1) is 0 Å². The fraction of sp³-hybridized carbons (Fsp3) is 0.0294. The van der Waals surface area contributed by atoms with Crippen LogP contribution in [0.3, 0.4) is 0 Å². The normalized spacial score (nSPS) is 12.8. The number of nitrogens with zero attached hydrogens (tertiary/aromatic N) is 4. The summed E-state index contributed by atoms with van der Waals surface area (Å²) in [6, 6.07) is 31.2. The summed E-state index contributed by atoms with van der Waals surface area (Å²) in [5.74, 6) is 1.55. The first-order valence-corrected chi connectivity index (χ1v) is 13.8. The monoisotopic (exact) mass is 518 g/mol. The standard InChI is InChI=1S/C34H22N4S/c1-4-12-22(13-5-1)27-20-30(37-34(36-27)23-14-6-2-7-15-23)38-28-18-9-3-8-16-24(28)26-21-35-31-25-17-10-11-19-29(25)39-33(31)32(26)38/h1-2,4-21H,3H2. The summed E-state index contributed by atoms with van der Waals surface area (Å²) >= 11 is 1.79. The smallest absolute Gasteiger partial charge is 0.162 e. The van der Waals surface area contributed by atoms with Crippen LogP contribution in [-0.2, 0) is 0 Å². The largest absolute Gasteiger partial charge is 0.292 e. The Labute approximate surface area is 229 Å². The molecule has 8 rings (SSSR count). The molecule has 0 saturated heterocycles. The fourth-order valence-electron chi connectivity index (χ4n) is 5.47. The van der Waals surface area contributed by atoms with Crippen molar-refractivity contribution in [2.45, 2.75) is 6.42 Å². The van der Waals surface area contributed by atoms with E-state index in [4.69, 9.17) is 15.0 Å². The Balaban J connectivity index is 1.52. The number of allylic oxidation sites excluding steroid dienone is 2. The third-order valence-electron chi connectivity index (χ3n) is 7.27. The second-order valence-electron chi connectivity index (χ2n) is 9.64. The molecule has 0 spiro atoms. The van der Waals surface area contributed by atoms with Gasteiger partial charge in [-0.1, -0.05) is 97.1 Å². The molecule has 0 unspecified atom stereocenters. The zero-order chi connectivity index (χ0) is 25.8. The molecule has 0 aliphatic heterocycles. The molecule has 0 atom stereocenters. The first-order valence-electron chi connectivity index (χ1n) is 13.0. The molecule has 184 valence electrons. The number of rotatable bonds is 3. The van der Waals surface area contributed by atoms with Crippen molar-refractivity contribution in [3.05, 3.63) is 121 Å². The molecule has 0 fully saturated rings. The quantitative estimate of drug-likeness (QED) is 0.234. The Hall–Kier alpha value is -4.87. The van der Waals surface area contributed by atoms with Gasteiger partial charge in [-0.3, -0.25) is 9.55 Å². The maximum absolute atomic E-state index is 5.20. The molecule has 0 radical (unpaired) electrons. The van der Waals surface area contributed by atoms with Gasteiger partial charge in [-0.25, -0.2) is 9.97 Å². The van der Waals surface area contributed by atoms with Crippen LogP contribution >= 0.6 is 11.3 Å². The van der Waals surface area contributed by atoms with Gasteiger partial charge in [-0.15, -0.1) is 11.3 Å². The molecular formula is C34H22N4S. The average molecular weight is 519 g/mol. The van der Waals surface area contributed by atoms with E-state index in [1.165, 1.54) is 20.3 Å². The number of aromatic nitrogens is 4. The predicted octanol–water partition coefficient (Wildman–Crippen LogP) is 8.95. The van der Waals surface area contributed by atoms with Crippen LogP contribution < -0.4 is 0 Å². The van der Waals surface area contributed by atoms with Gasteiger partial charge in [-0.05, 0) is 18.6 Å². The van der Waals surface area contributed by atoms with E-state index in [9.17, 15) is 0 Å². The van der Waals surface area contributed by atoms with E-state index in [2.05, 4.69) is 95.6 Å². The summed E-state index contributed by atoms with van der Waals surface area (Å²) < 4.78 is 4.72. The predicted molar refractivity (Wildman–Crippen MR) is 163 cm³/mol. The van der Waals surface area contributed by atoms with Gasteiger partial charge in [0.1, 0.15) is 5.82 Å². The lowest BCUT2D eigenvalue weighted by molar-refractivity contribution is 1.01. The van der Waals surface area contributed by atoms with E-state index in [1.807, 2.05) is 30.5 Å². The van der Waals surface area contributed by atoms with Gasteiger partial charge in [0.15, 0.2) is 5.82 Å². The number of hydrogen-bond acceptors (Lipinski definition) is 4. The average Bonchev–Trinajstić information content (AvgIpc) is 3.43. The second-order valence-corrected chi connectivity index (χ2v) is 10.7.